The molecule has 1 fully saturated rings. The minimum Gasteiger partial charge on any atom is -0.383 e. The highest BCUT2D eigenvalue weighted by Gasteiger charge is 2.20. The normalized spacial score (nSPS) is 25.4. The van der Waals surface area contributed by atoms with Gasteiger partial charge in [0.2, 0.25) is 0 Å². The van der Waals surface area contributed by atoms with Gasteiger partial charge >= 0.3 is 0 Å². The first-order valence-electron chi connectivity index (χ1n) is 5.79. The summed E-state index contributed by atoms with van der Waals surface area (Å²) in [7, 11) is 1.73. The third-order valence-electron chi connectivity index (χ3n) is 2.82. The van der Waals surface area contributed by atoms with Crippen molar-refractivity contribution in [2.45, 2.75) is 26.0 Å². The Morgan fingerprint density at radius 1 is 1.60 bits per heavy atom. The minimum absolute atomic E-state index is 0.375. The highest BCUT2D eigenvalue weighted by molar-refractivity contribution is 4.75. The third-order valence-corrected chi connectivity index (χ3v) is 2.82. The van der Waals surface area contributed by atoms with E-state index in [1.165, 1.54) is 0 Å². The Labute approximate surface area is 92.9 Å². The summed E-state index contributed by atoms with van der Waals surface area (Å²) in [5.41, 5.74) is 0. The van der Waals surface area contributed by atoms with Crippen LogP contribution in [0.1, 0.15) is 13.8 Å². The van der Waals surface area contributed by atoms with E-state index in [2.05, 4.69) is 24.1 Å². The molecule has 0 spiro atoms. The maximum Gasteiger partial charge on any atom is 0.0674 e. The molecule has 0 bridgehead atoms. The Balaban J connectivity index is 2.12. The first kappa shape index (κ1) is 12.9. The van der Waals surface area contributed by atoms with Crippen LogP contribution in [0.5, 0.6) is 0 Å². The molecule has 0 aromatic heterocycles. The molecule has 90 valence electrons. The Morgan fingerprint density at radius 3 is 3.07 bits per heavy atom. The van der Waals surface area contributed by atoms with Crippen molar-refractivity contribution in [3.8, 4) is 0 Å². The van der Waals surface area contributed by atoms with E-state index >= 15 is 0 Å². The van der Waals surface area contributed by atoms with Crippen LogP contribution in [-0.2, 0) is 9.47 Å². The van der Waals surface area contributed by atoms with Crippen LogP contribution in [0.4, 0.5) is 0 Å². The van der Waals surface area contributed by atoms with Crippen molar-refractivity contribution in [1.29, 1.82) is 0 Å². The van der Waals surface area contributed by atoms with Crippen molar-refractivity contribution in [3.63, 3.8) is 0 Å². The smallest absolute Gasteiger partial charge is 0.0674 e. The van der Waals surface area contributed by atoms with Gasteiger partial charge in [0.25, 0.3) is 0 Å². The molecule has 0 saturated carbocycles. The third kappa shape index (κ3) is 4.93. The molecule has 15 heavy (non-hydrogen) atoms. The number of rotatable bonds is 6. The standard InChI is InChI=1S/C11H24N2O2/c1-10(8-12-4-6-14-3)13-5-7-15-11(2)9-13/h10-12H,4-9H2,1-3H3. The predicted molar refractivity (Wildman–Crippen MR) is 61.2 cm³/mol. The fraction of sp³-hybridized carbons (Fsp3) is 1.00. The fourth-order valence-corrected chi connectivity index (χ4v) is 1.86. The Bertz CT molecular complexity index is 167. The van der Waals surface area contributed by atoms with Gasteiger partial charge in [0.05, 0.1) is 19.3 Å². The monoisotopic (exact) mass is 216 g/mol. The molecule has 0 amide bonds. The molecular formula is C11H24N2O2. The number of morpholine rings is 1. The van der Waals surface area contributed by atoms with Gasteiger partial charge < -0.3 is 14.8 Å². The van der Waals surface area contributed by atoms with E-state index in [9.17, 15) is 0 Å². The van der Waals surface area contributed by atoms with Gasteiger partial charge in [-0.15, -0.1) is 0 Å². The van der Waals surface area contributed by atoms with Gasteiger partial charge in [0.15, 0.2) is 0 Å². The maximum atomic E-state index is 5.52. The Hall–Kier alpha value is -0.160. The van der Waals surface area contributed by atoms with Crippen molar-refractivity contribution < 1.29 is 9.47 Å². The molecule has 1 N–H and O–H groups in total. The number of hydrogen-bond acceptors (Lipinski definition) is 4. The highest BCUT2D eigenvalue weighted by atomic mass is 16.5. The van der Waals surface area contributed by atoms with Gasteiger partial charge in [-0.2, -0.15) is 0 Å². The molecule has 0 aromatic rings. The van der Waals surface area contributed by atoms with Crippen LogP contribution in [-0.4, -0.2) is 63.5 Å². The zero-order valence-electron chi connectivity index (χ0n) is 10.2. The molecule has 2 atom stereocenters. The van der Waals surface area contributed by atoms with Crippen LogP contribution in [0.15, 0.2) is 0 Å². The molecule has 2 unspecified atom stereocenters. The average molecular weight is 216 g/mol. The summed E-state index contributed by atoms with van der Waals surface area (Å²) in [4.78, 5) is 2.48. The number of ether oxygens (including phenoxy) is 2. The van der Waals surface area contributed by atoms with E-state index in [0.717, 1.165) is 39.4 Å². The molecule has 4 heteroatoms. The molecule has 1 saturated heterocycles. The van der Waals surface area contributed by atoms with Gasteiger partial charge in [-0.25, -0.2) is 0 Å². The Kier molecular flexibility index (Phi) is 6.17. The molecule has 0 aliphatic carbocycles. The summed E-state index contributed by atoms with van der Waals surface area (Å²) in [6.07, 6.45) is 0.375. The second-order valence-electron chi connectivity index (χ2n) is 4.22. The van der Waals surface area contributed by atoms with Crippen LogP contribution in [0.3, 0.4) is 0 Å². The minimum atomic E-state index is 0.375. The van der Waals surface area contributed by atoms with Crippen LogP contribution < -0.4 is 5.32 Å². The fourth-order valence-electron chi connectivity index (χ4n) is 1.86. The predicted octanol–water partition coefficient (Wildman–Crippen LogP) is 0.332. The lowest BCUT2D eigenvalue weighted by Crippen LogP contribution is -2.49. The first-order valence-corrected chi connectivity index (χ1v) is 5.79. The number of nitrogens with zero attached hydrogens (tertiary/aromatic N) is 1. The van der Waals surface area contributed by atoms with Crippen molar-refractivity contribution in [2.24, 2.45) is 0 Å². The SMILES string of the molecule is COCCNCC(C)N1CCOC(C)C1. The molecule has 4 nitrogen and oxygen atoms in total. The lowest BCUT2D eigenvalue weighted by molar-refractivity contribution is -0.0312. The highest BCUT2D eigenvalue weighted by Crippen LogP contribution is 2.07. The van der Waals surface area contributed by atoms with Gasteiger partial charge in [0, 0.05) is 39.3 Å². The lowest BCUT2D eigenvalue weighted by atomic mass is 10.2. The molecule has 1 aliphatic rings. The van der Waals surface area contributed by atoms with Crippen molar-refractivity contribution in [3.05, 3.63) is 0 Å². The summed E-state index contributed by atoms with van der Waals surface area (Å²) < 4.78 is 10.5. The van der Waals surface area contributed by atoms with Crippen molar-refractivity contribution in [2.75, 3.05) is 46.5 Å². The number of methoxy groups -OCH3 is 1. The van der Waals surface area contributed by atoms with Crippen LogP contribution in [0, 0.1) is 0 Å². The number of hydrogen-bond donors (Lipinski definition) is 1. The van der Waals surface area contributed by atoms with Crippen molar-refractivity contribution >= 4 is 0 Å². The molecule has 0 aromatic carbocycles. The zero-order chi connectivity index (χ0) is 11.1. The Morgan fingerprint density at radius 2 is 2.40 bits per heavy atom. The summed E-state index contributed by atoms with van der Waals surface area (Å²) in [5, 5.41) is 3.39. The molecule has 1 aliphatic heterocycles. The molecule has 1 rings (SSSR count). The van der Waals surface area contributed by atoms with Crippen LogP contribution in [0.25, 0.3) is 0 Å². The van der Waals surface area contributed by atoms with E-state index in [0.29, 0.717) is 12.1 Å². The largest absolute Gasteiger partial charge is 0.383 e. The second-order valence-corrected chi connectivity index (χ2v) is 4.22. The maximum absolute atomic E-state index is 5.52. The van der Waals surface area contributed by atoms with E-state index in [4.69, 9.17) is 9.47 Å². The molecular weight excluding hydrogens is 192 g/mol. The first-order chi connectivity index (χ1) is 7.24. The molecule has 1 heterocycles. The quantitative estimate of drug-likeness (QED) is 0.649. The van der Waals surface area contributed by atoms with E-state index in [1.807, 2.05) is 0 Å². The van der Waals surface area contributed by atoms with Gasteiger partial charge in [-0.1, -0.05) is 0 Å². The lowest BCUT2D eigenvalue weighted by Gasteiger charge is -2.35. The average Bonchev–Trinajstić information content (AvgIpc) is 2.24. The summed E-state index contributed by atoms with van der Waals surface area (Å²) in [6.45, 7) is 10.1. The van der Waals surface area contributed by atoms with Gasteiger partial charge in [-0.05, 0) is 13.8 Å². The zero-order valence-corrected chi connectivity index (χ0v) is 10.2. The van der Waals surface area contributed by atoms with Crippen LogP contribution in [0.2, 0.25) is 0 Å². The van der Waals surface area contributed by atoms with Gasteiger partial charge in [0.1, 0.15) is 0 Å². The van der Waals surface area contributed by atoms with E-state index in [1.54, 1.807) is 7.11 Å². The van der Waals surface area contributed by atoms with Crippen molar-refractivity contribution in [1.82, 2.24) is 10.2 Å². The topological polar surface area (TPSA) is 33.7 Å². The van der Waals surface area contributed by atoms with Gasteiger partial charge in [-0.3, -0.25) is 4.90 Å². The molecule has 0 radical (unpaired) electrons. The van der Waals surface area contributed by atoms with E-state index in [-0.39, 0.29) is 0 Å². The summed E-state index contributed by atoms with van der Waals surface area (Å²) in [5.74, 6) is 0. The van der Waals surface area contributed by atoms with E-state index < -0.39 is 0 Å². The van der Waals surface area contributed by atoms with Crippen LogP contribution >= 0.6 is 0 Å². The number of nitrogens with one attached hydrogen (secondary N) is 1. The summed E-state index contributed by atoms with van der Waals surface area (Å²) >= 11 is 0. The summed E-state index contributed by atoms with van der Waals surface area (Å²) in [6, 6.07) is 0.577. The second kappa shape index (κ2) is 7.17.